The van der Waals surface area contributed by atoms with Crippen LogP contribution < -0.4 is 16.0 Å². The van der Waals surface area contributed by atoms with Gasteiger partial charge < -0.3 is 10.6 Å². The van der Waals surface area contributed by atoms with Crippen LogP contribution in [0.25, 0.3) is 0 Å². The molecule has 0 radical (unpaired) electrons. The predicted octanol–water partition coefficient (Wildman–Crippen LogP) is 2.11. The van der Waals surface area contributed by atoms with Crippen molar-refractivity contribution in [1.82, 2.24) is 10.3 Å². The number of Topliss-reactive ketones (excluding diaryl/α,β-unsaturated/α-hetero) is 1. The van der Waals surface area contributed by atoms with Gasteiger partial charge in [0.05, 0.1) is 24.5 Å². The summed E-state index contributed by atoms with van der Waals surface area (Å²) in [6.07, 6.45) is 8.55. The third-order valence-electron chi connectivity index (χ3n) is 4.71. The number of aliphatic imine (C=N–C) groups is 1. The number of pyridine rings is 1. The molecular formula is C17H22N6O. The van der Waals surface area contributed by atoms with Crippen LogP contribution in [0, 0.1) is 23.3 Å². The fourth-order valence-corrected chi connectivity index (χ4v) is 3.61. The van der Waals surface area contributed by atoms with E-state index in [1.165, 1.54) is 26.2 Å². The minimum Gasteiger partial charge on any atom is -0.363 e. The number of ketones is 1. The molecule has 0 amide bonds. The van der Waals surface area contributed by atoms with Gasteiger partial charge in [0.1, 0.15) is 11.6 Å². The number of nitriles is 1. The Kier molecular flexibility index (Phi) is 4.94. The molecule has 1 aromatic rings. The minimum atomic E-state index is 0.0532. The van der Waals surface area contributed by atoms with E-state index in [0.717, 1.165) is 18.0 Å². The van der Waals surface area contributed by atoms with E-state index in [2.05, 4.69) is 20.9 Å². The van der Waals surface area contributed by atoms with E-state index in [0.29, 0.717) is 23.7 Å². The molecule has 2 bridgehead atoms. The molecule has 3 atom stereocenters. The van der Waals surface area contributed by atoms with Gasteiger partial charge in [-0.3, -0.25) is 10.1 Å². The Morgan fingerprint density at radius 2 is 2.29 bits per heavy atom. The standard InChI is InChI=1S/C17H22N6O/c1-11(24)8-19-16-5-4-14(9-20-16)22-17(21-10-18)23-15-7-12-2-3-13(15)6-12/h4-5,9,12-13,15H,2-3,6-8H2,1H3,(H,19,20)(H2,21,22,23). The van der Waals surface area contributed by atoms with Crippen LogP contribution in [0.1, 0.15) is 32.6 Å². The van der Waals surface area contributed by atoms with Crippen LogP contribution in [-0.4, -0.2) is 29.3 Å². The van der Waals surface area contributed by atoms with Crippen LogP contribution >= 0.6 is 0 Å². The van der Waals surface area contributed by atoms with Crippen molar-refractivity contribution in [2.75, 3.05) is 17.2 Å². The van der Waals surface area contributed by atoms with Crippen LogP contribution in [0.15, 0.2) is 23.3 Å². The van der Waals surface area contributed by atoms with Crippen molar-refractivity contribution >= 4 is 23.2 Å². The number of hydrogen-bond acceptors (Lipinski definition) is 5. The maximum Gasteiger partial charge on any atom is 0.209 e. The SMILES string of the molecule is CC(=O)CNc1ccc(NC(=NC2CC3CCC2C3)NC#N)cn1. The molecule has 0 spiro atoms. The van der Waals surface area contributed by atoms with E-state index in [-0.39, 0.29) is 12.3 Å². The van der Waals surface area contributed by atoms with Crippen LogP contribution in [0.2, 0.25) is 0 Å². The van der Waals surface area contributed by atoms with Crippen LogP contribution in [0.3, 0.4) is 0 Å². The number of aromatic nitrogens is 1. The molecule has 1 aromatic heterocycles. The van der Waals surface area contributed by atoms with E-state index in [1.54, 1.807) is 12.3 Å². The topological polar surface area (TPSA) is 102 Å². The summed E-state index contributed by atoms with van der Waals surface area (Å²) in [5.41, 5.74) is 0.744. The molecule has 3 rings (SSSR count). The van der Waals surface area contributed by atoms with E-state index < -0.39 is 0 Å². The van der Waals surface area contributed by atoms with E-state index in [1.807, 2.05) is 12.3 Å². The zero-order valence-electron chi connectivity index (χ0n) is 13.7. The number of carbonyl (C=O) groups is 1. The van der Waals surface area contributed by atoms with Gasteiger partial charge in [-0.2, -0.15) is 5.26 Å². The second kappa shape index (κ2) is 7.30. The molecule has 0 aromatic carbocycles. The van der Waals surface area contributed by atoms with Gasteiger partial charge in [0.15, 0.2) is 6.19 Å². The average Bonchev–Trinajstić information content (AvgIpc) is 3.17. The molecule has 2 saturated carbocycles. The van der Waals surface area contributed by atoms with Crippen molar-refractivity contribution in [1.29, 1.82) is 5.26 Å². The lowest BCUT2D eigenvalue weighted by Crippen LogP contribution is -2.30. The number of nitrogens with zero attached hydrogens (tertiary/aromatic N) is 3. The molecule has 3 unspecified atom stereocenters. The van der Waals surface area contributed by atoms with Gasteiger partial charge in [-0.25, -0.2) is 9.98 Å². The van der Waals surface area contributed by atoms with Gasteiger partial charge in [-0.05, 0) is 50.2 Å². The molecular weight excluding hydrogens is 304 g/mol. The van der Waals surface area contributed by atoms with Crippen molar-refractivity contribution in [2.45, 2.75) is 38.6 Å². The summed E-state index contributed by atoms with van der Waals surface area (Å²) in [6, 6.07) is 3.93. The van der Waals surface area contributed by atoms with Gasteiger partial charge in [-0.1, -0.05) is 6.42 Å². The van der Waals surface area contributed by atoms with Crippen molar-refractivity contribution in [3.05, 3.63) is 18.3 Å². The van der Waals surface area contributed by atoms with Gasteiger partial charge in [0.25, 0.3) is 0 Å². The quantitative estimate of drug-likeness (QED) is 0.331. The lowest BCUT2D eigenvalue weighted by Gasteiger charge is -2.19. The number of rotatable bonds is 5. The summed E-state index contributed by atoms with van der Waals surface area (Å²) < 4.78 is 0. The summed E-state index contributed by atoms with van der Waals surface area (Å²) in [5.74, 6) is 2.62. The van der Waals surface area contributed by atoms with Gasteiger partial charge in [0.2, 0.25) is 5.96 Å². The van der Waals surface area contributed by atoms with Crippen molar-refractivity contribution in [3.8, 4) is 6.19 Å². The summed E-state index contributed by atoms with van der Waals surface area (Å²) in [4.78, 5) is 19.9. The first kappa shape index (κ1) is 16.2. The van der Waals surface area contributed by atoms with Gasteiger partial charge in [0, 0.05) is 0 Å². The Balaban J connectivity index is 1.63. The first-order valence-electron chi connectivity index (χ1n) is 8.33. The molecule has 0 saturated heterocycles. The molecule has 7 nitrogen and oxygen atoms in total. The highest BCUT2D eigenvalue weighted by atomic mass is 16.1. The Morgan fingerprint density at radius 1 is 1.42 bits per heavy atom. The fourth-order valence-electron chi connectivity index (χ4n) is 3.61. The lowest BCUT2D eigenvalue weighted by atomic mass is 9.96. The summed E-state index contributed by atoms with van der Waals surface area (Å²) in [7, 11) is 0. The average molecular weight is 326 g/mol. The molecule has 2 aliphatic carbocycles. The maximum atomic E-state index is 11.0. The number of carbonyl (C=O) groups excluding carboxylic acids is 1. The fraction of sp³-hybridized carbons (Fsp3) is 0.529. The number of hydrogen-bond donors (Lipinski definition) is 3. The second-order valence-electron chi connectivity index (χ2n) is 6.57. The summed E-state index contributed by atoms with van der Waals surface area (Å²) in [5, 5.41) is 17.6. The van der Waals surface area contributed by atoms with Crippen LogP contribution in [-0.2, 0) is 4.79 Å². The number of fused-ring (bicyclic) bond motifs is 2. The Morgan fingerprint density at radius 3 is 2.88 bits per heavy atom. The summed E-state index contributed by atoms with van der Waals surface area (Å²) in [6.45, 7) is 1.78. The predicted molar refractivity (Wildman–Crippen MR) is 92.5 cm³/mol. The highest BCUT2D eigenvalue weighted by molar-refractivity contribution is 5.94. The van der Waals surface area contributed by atoms with Crippen molar-refractivity contribution in [2.24, 2.45) is 16.8 Å². The smallest absolute Gasteiger partial charge is 0.209 e. The molecule has 1 heterocycles. The molecule has 7 heteroatoms. The molecule has 2 fully saturated rings. The number of anilines is 2. The van der Waals surface area contributed by atoms with Crippen molar-refractivity contribution in [3.63, 3.8) is 0 Å². The largest absolute Gasteiger partial charge is 0.363 e. The molecule has 126 valence electrons. The number of nitrogens with one attached hydrogen (secondary N) is 3. The van der Waals surface area contributed by atoms with Crippen LogP contribution in [0.5, 0.6) is 0 Å². The Bertz CT molecular complexity index is 663. The van der Waals surface area contributed by atoms with Crippen LogP contribution in [0.4, 0.5) is 11.5 Å². The monoisotopic (exact) mass is 326 g/mol. The second-order valence-corrected chi connectivity index (χ2v) is 6.57. The third kappa shape index (κ3) is 4.02. The first-order valence-corrected chi connectivity index (χ1v) is 8.33. The van der Waals surface area contributed by atoms with Crippen molar-refractivity contribution < 1.29 is 4.79 Å². The van der Waals surface area contributed by atoms with E-state index in [4.69, 9.17) is 10.3 Å². The highest BCUT2D eigenvalue weighted by Gasteiger charge is 2.39. The molecule has 2 aliphatic rings. The maximum absolute atomic E-state index is 11.0. The Labute approximate surface area is 141 Å². The lowest BCUT2D eigenvalue weighted by molar-refractivity contribution is -0.115. The normalized spacial score (nSPS) is 25.2. The zero-order valence-corrected chi connectivity index (χ0v) is 13.7. The molecule has 0 aliphatic heterocycles. The van der Waals surface area contributed by atoms with E-state index >= 15 is 0 Å². The minimum absolute atomic E-state index is 0.0532. The Hall–Kier alpha value is -2.62. The number of guanidine groups is 1. The highest BCUT2D eigenvalue weighted by Crippen LogP contribution is 2.45. The molecule has 3 N–H and O–H groups in total. The third-order valence-corrected chi connectivity index (χ3v) is 4.71. The van der Waals surface area contributed by atoms with Gasteiger partial charge in [-0.15, -0.1) is 0 Å². The summed E-state index contributed by atoms with van der Waals surface area (Å²) >= 11 is 0. The molecule has 24 heavy (non-hydrogen) atoms. The van der Waals surface area contributed by atoms with E-state index in [9.17, 15) is 4.79 Å². The van der Waals surface area contributed by atoms with Gasteiger partial charge >= 0.3 is 0 Å². The first-order chi connectivity index (χ1) is 11.6. The zero-order chi connectivity index (χ0) is 16.9.